The van der Waals surface area contributed by atoms with Crippen molar-refractivity contribution in [2.45, 2.75) is 73.1 Å². The Kier molecular flexibility index (Phi) is 11.0. The Labute approximate surface area is 127 Å². The van der Waals surface area contributed by atoms with Gasteiger partial charge in [0.25, 0.3) is 0 Å². The quantitative estimate of drug-likeness (QED) is 0.298. The van der Waals surface area contributed by atoms with Crippen molar-refractivity contribution in [3.05, 3.63) is 53.5 Å². The Hall–Kier alpha value is -1.17. The molecule has 20 heavy (non-hydrogen) atoms. The molecule has 0 fully saturated rings. The highest BCUT2D eigenvalue weighted by Gasteiger charge is 1.92. The molecule has 0 aliphatic carbocycles. The molecule has 0 saturated carbocycles. The van der Waals surface area contributed by atoms with Crippen LogP contribution in [0.15, 0.2) is 47.6 Å². The van der Waals surface area contributed by atoms with Crippen molar-refractivity contribution in [2.24, 2.45) is 0 Å². The lowest BCUT2D eigenvalue weighted by molar-refractivity contribution is 0.870. The van der Waals surface area contributed by atoms with E-state index in [4.69, 9.17) is 0 Å². The highest BCUT2D eigenvalue weighted by atomic mass is 14.0. The van der Waals surface area contributed by atoms with Gasteiger partial charge in [-0.3, -0.25) is 0 Å². The van der Waals surface area contributed by atoms with Crippen molar-refractivity contribution >= 4 is 0 Å². The lowest BCUT2D eigenvalue weighted by Crippen LogP contribution is -1.85. The second kappa shape index (κ2) is 11.6. The number of hydrogen-bond acceptors (Lipinski definition) is 0. The van der Waals surface area contributed by atoms with E-state index >= 15 is 0 Å². The fourth-order valence-electron chi connectivity index (χ4n) is 1.99. The summed E-state index contributed by atoms with van der Waals surface area (Å²) in [5.74, 6) is 1.38. The van der Waals surface area contributed by atoms with E-state index in [-0.39, 0.29) is 0 Å². The van der Waals surface area contributed by atoms with Crippen LogP contribution < -0.4 is 0 Å². The standard InChI is InChI=1S/C20H33/c1-7-18(4)12-9-14-20(6)16-10-15-19(5)13-8-11-17(2)3/h7,11,14-15H,1,8-10,12-13,16H2,2-6H3/q-1/b19-15+,20-14+. The molecule has 0 heteroatoms. The van der Waals surface area contributed by atoms with Crippen LogP contribution in [-0.2, 0) is 0 Å². The summed E-state index contributed by atoms with van der Waals surface area (Å²) in [4.78, 5) is 0. The van der Waals surface area contributed by atoms with Crippen molar-refractivity contribution in [1.82, 2.24) is 0 Å². The van der Waals surface area contributed by atoms with Crippen molar-refractivity contribution in [2.75, 3.05) is 0 Å². The molecule has 0 aromatic heterocycles. The van der Waals surface area contributed by atoms with Crippen LogP contribution in [0.1, 0.15) is 73.1 Å². The second-order valence-corrected chi connectivity index (χ2v) is 6.05. The summed E-state index contributed by atoms with van der Waals surface area (Å²) in [6.07, 6.45) is 16.1. The van der Waals surface area contributed by atoms with E-state index in [0.29, 0.717) is 0 Å². The van der Waals surface area contributed by atoms with Gasteiger partial charge in [-0.15, -0.1) is 6.92 Å². The average Bonchev–Trinajstić information content (AvgIpc) is 2.38. The van der Waals surface area contributed by atoms with Crippen LogP contribution in [0.4, 0.5) is 0 Å². The van der Waals surface area contributed by atoms with Gasteiger partial charge < -0.3 is 0 Å². The van der Waals surface area contributed by atoms with Gasteiger partial charge in [-0.05, 0) is 59.8 Å². The highest BCUT2D eigenvalue weighted by molar-refractivity contribution is 5.07. The third-order valence-electron chi connectivity index (χ3n) is 3.50. The molecule has 0 rings (SSSR count). The summed E-state index contributed by atoms with van der Waals surface area (Å²) in [6, 6.07) is 0. The number of rotatable bonds is 10. The Bertz CT molecular complexity index is 348. The molecular formula is C20H33-. The predicted molar refractivity (Wildman–Crippen MR) is 93.8 cm³/mol. The summed E-state index contributed by atoms with van der Waals surface area (Å²) in [5.41, 5.74) is 4.45. The fourth-order valence-corrected chi connectivity index (χ4v) is 1.99. The second-order valence-electron chi connectivity index (χ2n) is 6.05. The molecule has 0 aromatic carbocycles. The molecule has 0 aromatic rings. The minimum atomic E-state index is 1.14. The summed E-state index contributed by atoms with van der Waals surface area (Å²) < 4.78 is 0. The molecule has 0 amide bonds. The SMILES string of the molecule is C=C[C-](C)CC/C=C(\C)CC/C=C(\C)CCC=C(C)C. The topological polar surface area (TPSA) is 0 Å². The Balaban J connectivity index is 3.88. The van der Waals surface area contributed by atoms with Gasteiger partial charge in [-0.1, -0.05) is 41.4 Å². The van der Waals surface area contributed by atoms with Crippen LogP contribution in [0, 0.1) is 5.92 Å². The van der Waals surface area contributed by atoms with E-state index in [1.54, 1.807) is 0 Å². The minimum absolute atomic E-state index is 1.14. The Morgan fingerprint density at radius 3 is 1.85 bits per heavy atom. The first kappa shape index (κ1) is 18.8. The van der Waals surface area contributed by atoms with Crippen molar-refractivity contribution < 1.29 is 0 Å². The largest absolute Gasteiger partial charge is 0.245 e. The third-order valence-corrected chi connectivity index (χ3v) is 3.50. The maximum Gasteiger partial charge on any atom is -0.0288 e. The number of hydrogen-bond donors (Lipinski definition) is 0. The van der Waals surface area contributed by atoms with Crippen molar-refractivity contribution in [3.63, 3.8) is 0 Å². The highest BCUT2D eigenvalue weighted by Crippen LogP contribution is 2.14. The molecule has 0 unspecified atom stereocenters. The zero-order valence-corrected chi connectivity index (χ0v) is 14.3. The summed E-state index contributed by atoms with van der Waals surface area (Å²) >= 11 is 0. The Morgan fingerprint density at radius 1 is 0.850 bits per heavy atom. The maximum absolute atomic E-state index is 3.79. The van der Waals surface area contributed by atoms with Gasteiger partial charge in [-0.2, -0.15) is 0 Å². The maximum atomic E-state index is 3.79. The van der Waals surface area contributed by atoms with Crippen LogP contribution in [-0.4, -0.2) is 0 Å². The van der Waals surface area contributed by atoms with Crippen molar-refractivity contribution in [3.8, 4) is 0 Å². The summed E-state index contributed by atoms with van der Waals surface area (Å²) in [5, 5.41) is 0. The monoisotopic (exact) mass is 273 g/mol. The smallest absolute Gasteiger partial charge is 0.0288 e. The van der Waals surface area contributed by atoms with E-state index in [0.717, 1.165) is 12.8 Å². The van der Waals surface area contributed by atoms with Gasteiger partial charge >= 0.3 is 0 Å². The lowest BCUT2D eigenvalue weighted by Gasteiger charge is -2.11. The van der Waals surface area contributed by atoms with Crippen LogP contribution >= 0.6 is 0 Å². The summed E-state index contributed by atoms with van der Waals surface area (Å²) in [6.45, 7) is 14.8. The molecule has 0 heterocycles. The zero-order chi connectivity index (χ0) is 15.4. The summed E-state index contributed by atoms with van der Waals surface area (Å²) in [7, 11) is 0. The molecule has 0 aliphatic rings. The molecule has 0 spiro atoms. The van der Waals surface area contributed by atoms with E-state index in [2.05, 4.69) is 59.4 Å². The zero-order valence-electron chi connectivity index (χ0n) is 14.3. The molecule has 0 aliphatic heterocycles. The number of allylic oxidation sites excluding steroid dienone is 7. The van der Waals surface area contributed by atoms with E-state index < -0.39 is 0 Å². The van der Waals surface area contributed by atoms with Crippen molar-refractivity contribution in [1.29, 1.82) is 0 Å². The van der Waals surface area contributed by atoms with Gasteiger partial charge in [0.05, 0.1) is 0 Å². The molecule has 0 nitrogen and oxygen atoms in total. The van der Waals surface area contributed by atoms with Gasteiger partial charge in [0.1, 0.15) is 0 Å². The molecule has 114 valence electrons. The van der Waals surface area contributed by atoms with E-state index in [1.165, 1.54) is 48.3 Å². The molecule has 0 bridgehead atoms. The lowest BCUT2D eigenvalue weighted by atomic mass is 10.0. The van der Waals surface area contributed by atoms with Crippen LogP contribution in [0.2, 0.25) is 0 Å². The first-order valence-corrected chi connectivity index (χ1v) is 7.85. The van der Waals surface area contributed by atoms with Gasteiger partial charge in [0.2, 0.25) is 0 Å². The van der Waals surface area contributed by atoms with E-state index in [1.807, 2.05) is 6.08 Å². The van der Waals surface area contributed by atoms with Gasteiger partial charge in [0.15, 0.2) is 0 Å². The first-order chi connectivity index (χ1) is 9.45. The van der Waals surface area contributed by atoms with Crippen LogP contribution in [0.25, 0.3) is 0 Å². The van der Waals surface area contributed by atoms with Gasteiger partial charge in [-0.25, -0.2) is 18.6 Å². The van der Waals surface area contributed by atoms with E-state index in [9.17, 15) is 0 Å². The molecule has 0 saturated heterocycles. The normalized spacial score (nSPS) is 12.2. The molecular weight excluding hydrogens is 240 g/mol. The molecule has 0 atom stereocenters. The first-order valence-electron chi connectivity index (χ1n) is 7.85. The third kappa shape index (κ3) is 11.9. The average molecular weight is 273 g/mol. The molecule has 0 N–H and O–H groups in total. The van der Waals surface area contributed by atoms with Crippen LogP contribution in [0.3, 0.4) is 0 Å². The minimum Gasteiger partial charge on any atom is -0.245 e. The fraction of sp³-hybridized carbons (Fsp3) is 0.550. The van der Waals surface area contributed by atoms with Gasteiger partial charge in [0, 0.05) is 0 Å². The predicted octanol–water partition coefficient (Wildman–Crippen LogP) is 6.97. The molecule has 0 radical (unpaired) electrons. The Morgan fingerprint density at radius 2 is 1.35 bits per heavy atom. The van der Waals surface area contributed by atoms with Crippen LogP contribution in [0.5, 0.6) is 0 Å².